The van der Waals surface area contributed by atoms with Crippen molar-refractivity contribution < 1.29 is 4.92 Å². The highest BCUT2D eigenvalue weighted by Crippen LogP contribution is 2.34. The minimum atomic E-state index is -0.297. The number of fused-ring (bicyclic) bond motifs is 1. The highest BCUT2D eigenvalue weighted by atomic mass is 16.6. The molecule has 0 bridgehead atoms. The summed E-state index contributed by atoms with van der Waals surface area (Å²) in [5.74, 6) is 0. The summed E-state index contributed by atoms with van der Waals surface area (Å²) < 4.78 is 0. The van der Waals surface area contributed by atoms with Crippen molar-refractivity contribution in [2.75, 3.05) is 0 Å². The van der Waals surface area contributed by atoms with E-state index in [-0.39, 0.29) is 10.6 Å². The van der Waals surface area contributed by atoms with Gasteiger partial charge in [-0.2, -0.15) is 0 Å². The van der Waals surface area contributed by atoms with E-state index >= 15 is 0 Å². The molecular weight excluding hydrogens is 242 g/mol. The molecule has 1 aliphatic rings. The van der Waals surface area contributed by atoms with Gasteiger partial charge in [0, 0.05) is 17.2 Å². The predicted molar refractivity (Wildman–Crippen MR) is 71.7 cm³/mol. The number of nitro benzene ring substituents is 1. The summed E-state index contributed by atoms with van der Waals surface area (Å²) >= 11 is 0. The second-order valence-corrected chi connectivity index (χ2v) is 4.54. The Labute approximate surface area is 110 Å². The molecule has 3 rings (SSSR count). The van der Waals surface area contributed by atoms with E-state index in [2.05, 4.69) is 16.0 Å². The Hall–Kier alpha value is -2.43. The number of benzene rings is 1. The number of aromatic nitrogens is 2. The molecule has 0 unspecified atom stereocenters. The smallest absolute Gasteiger partial charge is 0.273 e. The lowest BCUT2D eigenvalue weighted by Gasteiger charge is -2.09. The third-order valence-electron chi connectivity index (χ3n) is 3.41. The Balaban J connectivity index is 2.20. The van der Waals surface area contributed by atoms with Crippen LogP contribution in [-0.4, -0.2) is 14.9 Å². The molecule has 19 heavy (non-hydrogen) atoms. The minimum absolute atomic E-state index is 0.213. The first kappa shape index (κ1) is 11.6. The molecular formula is C14H13N3O2. The van der Waals surface area contributed by atoms with Crippen LogP contribution in [0.1, 0.15) is 29.7 Å². The van der Waals surface area contributed by atoms with Crippen molar-refractivity contribution in [2.45, 2.75) is 19.3 Å². The number of H-pyrrole nitrogens is 1. The topological polar surface area (TPSA) is 71.8 Å². The second kappa shape index (κ2) is 4.68. The van der Waals surface area contributed by atoms with E-state index in [4.69, 9.17) is 0 Å². The van der Waals surface area contributed by atoms with Crippen molar-refractivity contribution >= 4 is 11.3 Å². The van der Waals surface area contributed by atoms with Crippen molar-refractivity contribution in [3.63, 3.8) is 0 Å². The lowest BCUT2D eigenvalue weighted by molar-refractivity contribution is -0.385. The van der Waals surface area contributed by atoms with Gasteiger partial charge in [0.1, 0.15) is 0 Å². The number of nitrogens with zero attached hydrogens (tertiary/aromatic N) is 2. The largest absolute Gasteiger partial charge is 0.345 e. The quantitative estimate of drug-likeness (QED) is 0.662. The third-order valence-corrected chi connectivity index (χ3v) is 3.41. The van der Waals surface area contributed by atoms with E-state index in [0.29, 0.717) is 0 Å². The van der Waals surface area contributed by atoms with Crippen LogP contribution in [0.2, 0.25) is 0 Å². The van der Waals surface area contributed by atoms with Crippen molar-refractivity contribution in [1.82, 2.24) is 9.97 Å². The van der Waals surface area contributed by atoms with E-state index in [1.165, 1.54) is 0 Å². The fourth-order valence-corrected chi connectivity index (χ4v) is 2.55. The van der Waals surface area contributed by atoms with Crippen LogP contribution >= 0.6 is 0 Å². The van der Waals surface area contributed by atoms with Crippen molar-refractivity contribution in [2.24, 2.45) is 0 Å². The maximum atomic E-state index is 11.1. The van der Waals surface area contributed by atoms with Crippen molar-refractivity contribution in [3.05, 3.63) is 63.7 Å². The molecule has 1 heterocycles. The van der Waals surface area contributed by atoms with Gasteiger partial charge in [-0.15, -0.1) is 0 Å². The molecule has 1 N–H and O–H groups in total. The van der Waals surface area contributed by atoms with Crippen LogP contribution in [0.15, 0.2) is 36.8 Å². The van der Waals surface area contributed by atoms with Crippen LogP contribution in [-0.2, 0) is 6.42 Å². The summed E-state index contributed by atoms with van der Waals surface area (Å²) in [5.41, 5.74) is 3.89. The summed E-state index contributed by atoms with van der Waals surface area (Å²) in [6.07, 6.45) is 8.08. The van der Waals surface area contributed by atoms with Crippen LogP contribution in [0.4, 0.5) is 5.69 Å². The summed E-state index contributed by atoms with van der Waals surface area (Å²) in [4.78, 5) is 18.0. The third kappa shape index (κ3) is 2.03. The van der Waals surface area contributed by atoms with Crippen LogP contribution in [0.25, 0.3) is 5.57 Å². The number of aromatic amines is 1. The van der Waals surface area contributed by atoms with E-state index in [1.54, 1.807) is 24.7 Å². The standard InChI is InChI=1S/C14H13N3O2/c18-17(19)14-7-3-6-10-11(13-8-15-9-16-13)4-1-2-5-12(10)14/h3-4,6-9H,1-2,5H2,(H,15,16). The van der Waals surface area contributed by atoms with E-state index in [9.17, 15) is 10.1 Å². The zero-order valence-corrected chi connectivity index (χ0v) is 10.3. The summed E-state index contributed by atoms with van der Waals surface area (Å²) in [7, 11) is 0. The van der Waals surface area contributed by atoms with Gasteiger partial charge in [-0.1, -0.05) is 18.2 Å². The van der Waals surface area contributed by atoms with Gasteiger partial charge in [0.2, 0.25) is 0 Å². The Morgan fingerprint density at radius 2 is 2.26 bits per heavy atom. The van der Waals surface area contributed by atoms with Gasteiger partial charge in [0.25, 0.3) is 5.69 Å². The van der Waals surface area contributed by atoms with Gasteiger partial charge in [-0.05, 0) is 24.8 Å². The zero-order chi connectivity index (χ0) is 13.2. The number of hydrogen-bond acceptors (Lipinski definition) is 3. The lowest BCUT2D eigenvalue weighted by Crippen LogP contribution is -1.99. The molecule has 1 aliphatic carbocycles. The van der Waals surface area contributed by atoms with Crippen molar-refractivity contribution in [1.29, 1.82) is 0 Å². The Morgan fingerprint density at radius 1 is 1.37 bits per heavy atom. The van der Waals surface area contributed by atoms with Crippen molar-refractivity contribution in [3.8, 4) is 0 Å². The Kier molecular flexibility index (Phi) is 2.87. The zero-order valence-electron chi connectivity index (χ0n) is 10.3. The monoisotopic (exact) mass is 255 g/mol. The van der Waals surface area contributed by atoms with E-state index in [0.717, 1.165) is 41.7 Å². The first-order valence-electron chi connectivity index (χ1n) is 6.23. The molecule has 0 spiro atoms. The average Bonchev–Trinajstić information content (AvgIpc) is 2.84. The molecule has 0 amide bonds. The second-order valence-electron chi connectivity index (χ2n) is 4.54. The maximum absolute atomic E-state index is 11.1. The lowest BCUT2D eigenvalue weighted by atomic mass is 9.96. The molecule has 1 aromatic carbocycles. The normalized spacial score (nSPS) is 14.4. The Morgan fingerprint density at radius 3 is 3.00 bits per heavy atom. The molecule has 5 heteroatoms. The van der Waals surface area contributed by atoms with Crippen LogP contribution in [0, 0.1) is 10.1 Å². The minimum Gasteiger partial charge on any atom is -0.345 e. The molecule has 2 aromatic rings. The van der Waals surface area contributed by atoms with Crippen LogP contribution in [0.3, 0.4) is 0 Å². The molecule has 0 saturated carbocycles. The van der Waals surface area contributed by atoms with E-state index in [1.807, 2.05) is 6.07 Å². The number of allylic oxidation sites excluding steroid dienone is 1. The number of hydrogen-bond donors (Lipinski definition) is 1. The van der Waals surface area contributed by atoms with Gasteiger partial charge < -0.3 is 4.98 Å². The maximum Gasteiger partial charge on any atom is 0.273 e. The molecule has 0 saturated heterocycles. The summed E-state index contributed by atoms with van der Waals surface area (Å²) in [6, 6.07) is 5.27. The van der Waals surface area contributed by atoms with Gasteiger partial charge >= 0.3 is 0 Å². The SMILES string of the molecule is O=[N+]([O-])c1cccc2c1CCCC=C2c1cnc[nH]1. The predicted octanol–water partition coefficient (Wildman–Crippen LogP) is 3.09. The molecule has 0 aliphatic heterocycles. The fraction of sp³-hybridized carbons (Fsp3) is 0.214. The van der Waals surface area contributed by atoms with Crippen LogP contribution in [0.5, 0.6) is 0 Å². The Bertz CT molecular complexity index is 645. The molecule has 0 fully saturated rings. The van der Waals surface area contributed by atoms with Gasteiger partial charge in [0.05, 0.1) is 23.1 Å². The first-order chi connectivity index (χ1) is 9.27. The molecule has 0 atom stereocenters. The number of nitro groups is 1. The molecule has 1 aromatic heterocycles. The van der Waals surface area contributed by atoms with Gasteiger partial charge in [-0.25, -0.2) is 4.98 Å². The fourth-order valence-electron chi connectivity index (χ4n) is 2.55. The molecule has 5 nitrogen and oxygen atoms in total. The molecule has 0 radical (unpaired) electrons. The number of imidazole rings is 1. The first-order valence-corrected chi connectivity index (χ1v) is 6.23. The summed E-state index contributed by atoms with van der Waals surface area (Å²) in [6.45, 7) is 0. The average molecular weight is 255 g/mol. The highest BCUT2D eigenvalue weighted by molar-refractivity contribution is 5.81. The molecule has 96 valence electrons. The summed E-state index contributed by atoms with van der Waals surface area (Å²) in [5, 5.41) is 11.1. The number of nitrogens with one attached hydrogen (secondary N) is 1. The van der Waals surface area contributed by atoms with Gasteiger partial charge in [-0.3, -0.25) is 10.1 Å². The highest BCUT2D eigenvalue weighted by Gasteiger charge is 2.21. The number of rotatable bonds is 2. The van der Waals surface area contributed by atoms with Crippen LogP contribution < -0.4 is 0 Å². The van der Waals surface area contributed by atoms with E-state index < -0.39 is 0 Å². The van der Waals surface area contributed by atoms with Gasteiger partial charge in [0.15, 0.2) is 0 Å².